The molecule has 1 aliphatic rings. The molecule has 1 aliphatic heterocycles. The second kappa shape index (κ2) is 8.62. The van der Waals surface area contributed by atoms with Crippen LogP contribution in [0.1, 0.15) is 29.5 Å². The fourth-order valence-electron chi connectivity index (χ4n) is 3.51. The molecule has 0 fully saturated rings. The van der Waals surface area contributed by atoms with E-state index in [9.17, 15) is 18.8 Å². The van der Waals surface area contributed by atoms with E-state index in [4.69, 9.17) is 0 Å². The van der Waals surface area contributed by atoms with E-state index in [0.29, 0.717) is 30.5 Å². The highest BCUT2D eigenvalue weighted by atomic mass is 32.1. The normalized spacial score (nSPS) is 12.5. The number of thiazole rings is 1. The zero-order valence-electron chi connectivity index (χ0n) is 16.1. The molecule has 2 aromatic carbocycles. The number of hydrogen-bond donors (Lipinski definition) is 2. The van der Waals surface area contributed by atoms with Gasteiger partial charge in [0.15, 0.2) is 0 Å². The van der Waals surface area contributed by atoms with Crippen LogP contribution < -0.4 is 15.5 Å². The first-order valence-corrected chi connectivity index (χ1v) is 10.5. The Hall–Kier alpha value is -3.26. The van der Waals surface area contributed by atoms with Gasteiger partial charge in [0.2, 0.25) is 11.8 Å². The van der Waals surface area contributed by atoms with E-state index in [0.717, 1.165) is 34.6 Å². The highest BCUT2D eigenvalue weighted by Gasteiger charge is 2.17. The SMILES string of the molecule is O=C1Cc2cc(CCCC(=O)Nc3ccc(F)cc3Cn3ccsc3=O)ccc2N1. The van der Waals surface area contributed by atoms with Crippen molar-refractivity contribution in [2.45, 2.75) is 32.2 Å². The molecule has 1 aromatic heterocycles. The number of anilines is 2. The van der Waals surface area contributed by atoms with Gasteiger partial charge in [-0.15, -0.1) is 0 Å². The van der Waals surface area contributed by atoms with E-state index in [1.165, 1.54) is 22.8 Å². The third kappa shape index (κ3) is 4.65. The van der Waals surface area contributed by atoms with Gasteiger partial charge in [-0.1, -0.05) is 23.5 Å². The molecule has 0 aliphatic carbocycles. The summed E-state index contributed by atoms with van der Waals surface area (Å²) in [6.45, 7) is 0.192. The minimum absolute atomic E-state index is 0.00124. The lowest BCUT2D eigenvalue weighted by Crippen LogP contribution is -2.17. The number of fused-ring (bicyclic) bond motifs is 1. The molecule has 0 spiro atoms. The van der Waals surface area contributed by atoms with Gasteiger partial charge in [0.25, 0.3) is 0 Å². The Balaban J connectivity index is 1.35. The highest BCUT2D eigenvalue weighted by Crippen LogP contribution is 2.24. The molecule has 8 heteroatoms. The molecule has 30 heavy (non-hydrogen) atoms. The van der Waals surface area contributed by atoms with Crippen molar-refractivity contribution in [3.8, 4) is 0 Å². The molecule has 0 saturated heterocycles. The summed E-state index contributed by atoms with van der Waals surface area (Å²) in [6.07, 6.45) is 3.71. The maximum Gasteiger partial charge on any atom is 0.307 e. The Kier molecular flexibility index (Phi) is 5.76. The molecule has 154 valence electrons. The van der Waals surface area contributed by atoms with E-state index in [1.54, 1.807) is 11.6 Å². The van der Waals surface area contributed by atoms with Crippen LogP contribution in [0.3, 0.4) is 0 Å². The van der Waals surface area contributed by atoms with Crippen LogP contribution in [0.2, 0.25) is 0 Å². The fourth-order valence-corrected chi connectivity index (χ4v) is 4.10. The Bertz CT molecular complexity index is 1170. The molecular formula is C22H20FN3O3S. The Morgan fingerprint density at radius 2 is 2.07 bits per heavy atom. The van der Waals surface area contributed by atoms with Crippen LogP contribution in [0.5, 0.6) is 0 Å². The molecule has 0 bridgehead atoms. The van der Waals surface area contributed by atoms with Gasteiger partial charge in [0, 0.05) is 29.4 Å². The summed E-state index contributed by atoms with van der Waals surface area (Å²) in [5.41, 5.74) is 3.97. The minimum atomic E-state index is -0.421. The van der Waals surface area contributed by atoms with Crippen molar-refractivity contribution in [1.82, 2.24) is 4.57 Å². The van der Waals surface area contributed by atoms with Crippen molar-refractivity contribution in [3.63, 3.8) is 0 Å². The van der Waals surface area contributed by atoms with Gasteiger partial charge < -0.3 is 15.2 Å². The van der Waals surface area contributed by atoms with Crippen LogP contribution in [-0.2, 0) is 29.0 Å². The van der Waals surface area contributed by atoms with Gasteiger partial charge in [0.05, 0.1) is 13.0 Å². The van der Waals surface area contributed by atoms with Crippen molar-refractivity contribution >= 4 is 34.5 Å². The standard InChI is InChI=1S/C22H20FN3O3S/c23-17-5-7-19(16(11-17)13-26-8-9-30-22(26)29)24-20(27)3-1-2-14-4-6-18-15(10-14)12-21(28)25-18/h4-11H,1-3,12-13H2,(H,24,27)(H,25,28). The van der Waals surface area contributed by atoms with Crippen molar-refractivity contribution in [2.24, 2.45) is 0 Å². The van der Waals surface area contributed by atoms with Gasteiger partial charge in [-0.3, -0.25) is 14.4 Å². The summed E-state index contributed by atoms with van der Waals surface area (Å²) in [5.74, 6) is -0.587. The lowest BCUT2D eigenvalue weighted by atomic mass is 10.0. The number of carbonyl (C=O) groups is 2. The smallest absolute Gasteiger partial charge is 0.307 e. The largest absolute Gasteiger partial charge is 0.326 e. The van der Waals surface area contributed by atoms with Crippen molar-refractivity contribution < 1.29 is 14.0 Å². The number of aryl methyl sites for hydroxylation is 1. The molecule has 2 amide bonds. The number of nitrogens with one attached hydrogen (secondary N) is 2. The summed E-state index contributed by atoms with van der Waals surface area (Å²) >= 11 is 1.07. The van der Waals surface area contributed by atoms with Crippen molar-refractivity contribution in [2.75, 3.05) is 10.6 Å². The first-order valence-electron chi connectivity index (χ1n) is 9.62. The highest BCUT2D eigenvalue weighted by molar-refractivity contribution is 7.07. The van der Waals surface area contributed by atoms with Crippen LogP contribution in [-0.4, -0.2) is 16.4 Å². The Labute approximate surface area is 176 Å². The average Bonchev–Trinajstić information content (AvgIpc) is 3.28. The second-order valence-electron chi connectivity index (χ2n) is 7.22. The molecule has 6 nitrogen and oxygen atoms in total. The number of carbonyl (C=O) groups excluding carboxylic acids is 2. The summed E-state index contributed by atoms with van der Waals surface area (Å²) in [7, 11) is 0. The molecule has 0 radical (unpaired) electrons. The lowest BCUT2D eigenvalue weighted by molar-refractivity contribution is -0.116. The summed E-state index contributed by atoms with van der Waals surface area (Å²) in [5, 5.41) is 7.31. The third-order valence-electron chi connectivity index (χ3n) is 4.99. The molecule has 0 atom stereocenters. The quantitative estimate of drug-likeness (QED) is 0.608. The first-order chi connectivity index (χ1) is 14.5. The van der Waals surface area contributed by atoms with Gasteiger partial charge in [-0.25, -0.2) is 4.39 Å². The zero-order valence-corrected chi connectivity index (χ0v) is 16.9. The molecule has 3 aromatic rings. The van der Waals surface area contributed by atoms with Crippen molar-refractivity contribution in [1.29, 1.82) is 0 Å². The average molecular weight is 425 g/mol. The number of benzene rings is 2. The number of nitrogens with zero attached hydrogens (tertiary/aromatic N) is 1. The summed E-state index contributed by atoms with van der Waals surface area (Å²) < 4.78 is 15.2. The van der Waals surface area contributed by atoms with Crippen molar-refractivity contribution in [3.05, 3.63) is 80.2 Å². The number of hydrogen-bond acceptors (Lipinski definition) is 4. The second-order valence-corrected chi connectivity index (χ2v) is 8.07. The lowest BCUT2D eigenvalue weighted by Gasteiger charge is -2.12. The van der Waals surface area contributed by atoms with Gasteiger partial charge >= 0.3 is 4.87 Å². The molecule has 0 unspecified atom stereocenters. The number of amides is 2. The number of halogens is 1. The number of aromatic nitrogens is 1. The molecule has 2 heterocycles. The monoisotopic (exact) mass is 425 g/mol. The molecular weight excluding hydrogens is 405 g/mol. The van der Waals surface area contributed by atoms with Crippen LogP contribution in [0.25, 0.3) is 0 Å². The summed E-state index contributed by atoms with van der Waals surface area (Å²) in [4.78, 5) is 35.5. The van der Waals surface area contributed by atoms with Gasteiger partial charge in [0.1, 0.15) is 5.82 Å². The Morgan fingerprint density at radius 3 is 2.87 bits per heavy atom. The van der Waals surface area contributed by atoms with E-state index in [2.05, 4.69) is 10.6 Å². The number of rotatable bonds is 7. The van der Waals surface area contributed by atoms with E-state index >= 15 is 0 Å². The topological polar surface area (TPSA) is 80.2 Å². The van der Waals surface area contributed by atoms with Crippen LogP contribution in [0.15, 0.2) is 52.8 Å². The molecule has 0 saturated carbocycles. The van der Waals surface area contributed by atoms with Crippen LogP contribution in [0.4, 0.5) is 15.8 Å². The molecule has 4 rings (SSSR count). The predicted octanol–water partition coefficient (Wildman–Crippen LogP) is 3.55. The predicted molar refractivity (Wildman–Crippen MR) is 114 cm³/mol. The maximum absolute atomic E-state index is 13.7. The molecule has 2 N–H and O–H groups in total. The van der Waals surface area contributed by atoms with E-state index in [-0.39, 0.29) is 23.2 Å². The minimum Gasteiger partial charge on any atom is -0.326 e. The first kappa shape index (κ1) is 20.0. The van der Waals surface area contributed by atoms with E-state index in [1.807, 2.05) is 18.2 Å². The van der Waals surface area contributed by atoms with E-state index < -0.39 is 5.82 Å². The maximum atomic E-state index is 13.7. The van der Waals surface area contributed by atoms with Crippen LogP contribution >= 0.6 is 11.3 Å². The van der Waals surface area contributed by atoms with Gasteiger partial charge in [-0.2, -0.15) is 0 Å². The zero-order chi connectivity index (χ0) is 21.1. The Morgan fingerprint density at radius 1 is 1.20 bits per heavy atom. The van der Waals surface area contributed by atoms with Crippen LogP contribution in [0, 0.1) is 5.82 Å². The third-order valence-corrected chi connectivity index (χ3v) is 5.68. The summed E-state index contributed by atoms with van der Waals surface area (Å²) in [6, 6.07) is 9.99. The van der Waals surface area contributed by atoms with Gasteiger partial charge in [-0.05, 0) is 53.8 Å². The fraction of sp³-hybridized carbons (Fsp3) is 0.227.